The summed E-state index contributed by atoms with van der Waals surface area (Å²) in [7, 11) is 1.52. The van der Waals surface area contributed by atoms with Crippen LogP contribution < -0.4 is 5.32 Å². The molecule has 0 saturated heterocycles. The number of carbonyl (C=O) groups excluding carboxylic acids is 2. The number of nitrogens with zero attached hydrogens (tertiary/aromatic N) is 1. The van der Waals surface area contributed by atoms with Gasteiger partial charge in [-0.1, -0.05) is 80.1 Å². The first-order valence-electron chi connectivity index (χ1n) is 12.5. The molecule has 2 N–H and O–H groups in total. The zero-order chi connectivity index (χ0) is 26.6. The van der Waals surface area contributed by atoms with Crippen molar-refractivity contribution in [2.75, 3.05) is 20.2 Å². The van der Waals surface area contributed by atoms with Gasteiger partial charge in [0.1, 0.15) is 12.6 Å². The van der Waals surface area contributed by atoms with E-state index in [1.165, 1.54) is 17.5 Å². The van der Waals surface area contributed by atoms with Gasteiger partial charge in [0.2, 0.25) is 5.91 Å². The van der Waals surface area contributed by atoms with Crippen LogP contribution in [0.2, 0.25) is 0 Å². The van der Waals surface area contributed by atoms with Crippen LogP contribution in [0.1, 0.15) is 41.3 Å². The van der Waals surface area contributed by atoms with Gasteiger partial charge in [-0.05, 0) is 47.2 Å². The molecular weight excluding hydrogens is 468 g/mol. The standard InChI is InChI=1S/C30H34N2O5/c1-3-4-8-22-11-13-24(14-12-22)25-15-17-26(18-16-25)30(36)32(2)27(29(35)31-19-28(33)34)21-37-20-23-9-6-5-7-10-23/h5-7,9-18,27H,3-4,8,19-21H2,1-2H3,(H,31,35)(H,33,34)/t27-/m1/s1. The first kappa shape index (κ1) is 27.6. The van der Waals surface area contributed by atoms with E-state index in [2.05, 4.69) is 36.5 Å². The fraction of sp³-hybridized carbons (Fsp3) is 0.300. The van der Waals surface area contributed by atoms with Crippen LogP contribution in [0.15, 0.2) is 78.9 Å². The summed E-state index contributed by atoms with van der Waals surface area (Å²) in [4.78, 5) is 38.2. The van der Waals surface area contributed by atoms with E-state index in [9.17, 15) is 14.4 Å². The zero-order valence-corrected chi connectivity index (χ0v) is 21.4. The predicted molar refractivity (Wildman–Crippen MR) is 143 cm³/mol. The molecule has 0 aliphatic heterocycles. The van der Waals surface area contributed by atoms with Gasteiger partial charge in [-0.3, -0.25) is 14.4 Å². The minimum Gasteiger partial charge on any atom is -0.480 e. The van der Waals surface area contributed by atoms with E-state index < -0.39 is 24.5 Å². The van der Waals surface area contributed by atoms with E-state index in [1.54, 1.807) is 12.1 Å². The van der Waals surface area contributed by atoms with Gasteiger partial charge in [-0.25, -0.2) is 0 Å². The van der Waals surface area contributed by atoms with Crippen LogP contribution in [-0.4, -0.2) is 54.0 Å². The molecule has 0 aliphatic carbocycles. The summed E-state index contributed by atoms with van der Waals surface area (Å²) >= 11 is 0. The van der Waals surface area contributed by atoms with Crippen molar-refractivity contribution < 1.29 is 24.2 Å². The number of carboxylic acid groups (broad SMARTS) is 1. The van der Waals surface area contributed by atoms with Gasteiger partial charge in [0, 0.05) is 12.6 Å². The van der Waals surface area contributed by atoms with Crippen molar-refractivity contribution in [1.29, 1.82) is 0 Å². The van der Waals surface area contributed by atoms with Crippen molar-refractivity contribution in [3.05, 3.63) is 95.6 Å². The third-order valence-corrected chi connectivity index (χ3v) is 6.13. The van der Waals surface area contributed by atoms with Crippen LogP contribution in [0.5, 0.6) is 0 Å². The van der Waals surface area contributed by atoms with Crippen molar-refractivity contribution in [2.24, 2.45) is 0 Å². The lowest BCUT2D eigenvalue weighted by atomic mass is 10.0. The van der Waals surface area contributed by atoms with Crippen LogP contribution >= 0.6 is 0 Å². The first-order chi connectivity index (χ1) is 17.9. The summed E-state index contributed by atoms with van der Waals surface area (Å²) in [5, 5.41) is 11.3. The van der Waals surface area contributed by atoms with Crippen LogP contribution in [0, 0.1) is 0 Å². The van der Waals surface area contributed by atoms with Gasteiger partial charge < -0.3 is 20.1 Å². The fourth-order valence-corrected chi connectivity index (χ4v) is 3.90. The Kier molecular flexibility index (Phi) is 10.4. The molecule has 0 radical (unpaired) electrons. The minimum absolute atomic E-state index is 0.0783. The molecule has 0 fully saturated rings. The number of aliphatic carboxylic acids is 1. The zero-order valence-electron chi connectivity index (χ0n) is 21.4. The molecule has 0 saturated carbocycles. The lowest BCUT2D eigenvalue weighted by Crippen LogP contribution is -2.51. The van der Waals surface area contributed by atoms with Gasteiger partial charge >= 0.3 is 5.97 Å². The van der Waals surface area contributed by atoms with Crippen molar-refractivity contribution in [3.8, 4) is 11.1 Å². The molecule has 7 heteroatoms. The minimum atomic E-state index is -1.17. The quantitative estimate of drug-likeness (QED) is 0.357. The van der Waals surface area contributed by atoms with Gasteiger partial charge in [-0.15, -0.1) is 0 Å². The van der Waals surface area contributed by atoms with Crippen molar-refractivity contribution in [2.45, 2.75) is 38.8 Å². The molecule has 3 aromatic carbocycles. The van der Waals surface area contributed by atoms with E-state index >= 15 is 0 Å². The number of carbonyl (C=O) groups is 3. The molecule has 194 valence electrons. The Morgan fingerprint density at radius 1 is 0.892 bits per heavy atom. The number of likely N-dealkylation sites (N-methyl/N-ethyl adjacent to an activating group) is 1. The van der Waals surface area contributed by atoms with Crippen molar-refractivity contribution in [3.63, 3.8) is 0 Å². The molecule has 0 spiro atoms. The van der Waals surface area contributed by atoms with E-state index in [0.29, 0.717) is 5.56 Å². The molecule has 0 aromatic heterocycles. The second-order valence-corrected chi connectivity index (χ2v) is 8.92. The summed E-state index contributed by atoms with van der Waals surface area (Å²) in [6.45, 7) is 1.82. The molecular formula is C30H34N2O5. The van der Waals surface area contributed by atoms with Gasteiger partial charge in [0.15, 0.2) is 0 Å². The number of aryl methyl sites for hydroxylation is 1. The maximum absolute atomic E-state index is 13.2. The number of carboxylic acids is 1. The molecule has 0 unspecified atom stereocenters. The van der Waals surface area contributed by atoms with Gasteiger partial charge in [0.05, 0.1) is 13.2 Å². The third kappa shape index (κ3) is 8.29. The number of benzene rings is 3. The summed E-state index contributed by atoms with van der Waals surface area (Å²) in [6, 6.07) is 24.1. The molecule has 0 heterocycles. The van der Waals surface area contributed by atoms with Crippen LogP contribution in [0.25, 0.3) is 11.1 Å². The topological polar surface area (TPSA) is 95.9 Å². The van der Waals surface area contributed by atoms with E-state index in [1.807, 2.05) is 42.5 Å². The van der Waals surface area contributed by atoms with Crippen LogP contribution in [0.4, 0.5) is 0 Å². The largest absolute Gasteiger partial charge is 0.480 e. The molecule has 37 heavy (non-hydrogen) atoms. The average molecular weight is 503 g/mol. The fourth-order valence-electron chi connectivity index (χ4n) is 3.90. The Hall–Kier alpha value is -3.97. The Morgan fingerprint density at radius 2 is 1.51 bits per heavy atom. The highest BCUT2D eigenvalue weighted by atomic mass is 16.5. The Balaban J connectivity index is 1.69. The average Bonchev–Trinajstić information content (AvgIpc) is 2.93. The van der Waals surface area contributed by atoms with Gasteiger partial charge in [-0.2, -0.15) is 0 Å². The number of hydrogen-bond acceptors (Lipinski definition) is 4. The lowest BCUT2D eigenvalue weighted by molar-refractivity contribution is -0.139. The third-order valence-electron chi connectivity index (χ3n) is 6.13. The second-order valence-electron chi connectivity index (χ2n) is 8.92. The second kappa shape index (κ2) is 13.9. The highest BCUT2D eigenvalue weighted by Gasteiger charge is 2.28. The Morgan fingerprint density at radius 3 is 2.11 bits per heavy atom. The van der Waals surface area contributed by atoms with Crippen LogP contribution in [-0.2, 0) is 27.4 Å². The summed E-state index contributed by atoms with van der Waals surface area (Å²) < 4.78 is 5.73. The SMILES string of the molecule is CCCCc1ccc(-c2ccc(C(=O)N(C)[C@H](COCc3ccccc3)C(=O)NCC(=O)O)cc2)cc1. The van der Waals surface area contributed by atoms with E-state index in [4.69, 9.17) is 9.84 Å². The first-order valence-corrected chi connectivity index (χ1v) is 12.5. The molecule has 3 rings (SSSR count). The molecule has 0 bridgehead atoms. The Bertz CT molecular complexity index is 1160. The maximum Gasteiger partial charge on any atom is 0.322 e. The lowest BCUT2D eigenvalue weighted by Gasteiger charge is -2.27. The summed E-state index contributed by atoms with van der Waals surface area (Å²) in [5.74, 6) is -2.12. The maximum atomic E-state index is 13.2. The van der Waals surface area contributed by atoms with Crippen LogP contribution in [0.3, 0.4) is 0 Å². The number of amides is 2. The highest BCUT2D eigenvalue weighted by Crippen LogP contribution is 2.22. The molecule has 7 nitrogen and oxygen atoms in total. The molecule has 0 aliphatic rings. The Labute approximate surface area is 218 Å². The smallest absolute Gasteiger partial charge is 0.322 e. The summed E-state index contributed by atoms with van der Waals surface area (Å²) in [6.07, 6.45) is 3.38. The normalized spacial score (nSPS) is 11.5. The number of ether oxygens (including phenoxy) is 1. The number of unbranched alkanes of at least 4 members (excludes halogenated alkanes) is 1. The number of hydrogen-bond donors (Lipinski definition) is 2. The van der Waals surface area contributed by atoms with Crippen molar-refractivity contribution in [1.82, 2.24) is 10.2 Å². The number of nitrogens with one attached hydrogen (secondary N) is 1. The number of rotatable bonds is 13. The monoisotopic (exact) mass is 502 g/mol. The van der Waals surface area contributed by atoms with E-state index in [-0.39, 0.29) is 19.1 Å². The molecule has 1 atom stereocenters. The van der Waals surface area contributed by atoms with E-state index in [0.717, 1.165) is 36.0 Å². The summed E-state index contributed by atoms with van der Waals surface area (Å²) in [5.41, 5.74) is 4.71. The molecule has 3 aromatic rings. The van der Waals surface area contributed by atoms with Gasteiger partial charge in [0.25, 0.3) is 5.91 Å². The van der Waals surface area contributed by atoms with Crippen molar-refractivity contribution >= 4 is 17.8 Å². The highest BCUT2D eigenvalue weighted by molar-refractivity contribution is 5.98. The predicted octanol–water partition coefficient (Wildman–Crippen LogP) is 4.55. The molecule has 2 amide bonds.